The average molecular weight is 426 g/mol. The molecule has 30 heavy (non-hydrogen) atoms. The maximum Gasteiger partial charge on any atom is 0.237 e. The summed E-state index contributed by atoms with van der Waals surface area (Å²) in [7, 11) is -3.49. The fourth-order valence-electron chi connectivity index (χ4n) is 4.23. The molecule has 0 saturated carbocycles. The van der Waals surface area contributed by atoms with Gasteiger partial charge in [-0.15, -0.1) is 0 Å². The molecule has 0 bridgehead atoms. The van der Waals surface area contributed by atoms with Gasteiger partial charge in [0.25, 0.3) is 0 Å². The summed E-state index contributed by atoms with van der Waals surface area (Å²) in [6, 6.07) is 5.98. The minimum absolute atomic E-state index is 0.172. The van der Waals surface area contributed by atoms with Crippen LogP contribution in [0.3, 0.4) is 0 Å². The molecule has 8 nitrogen and oxygen atoms in total. The monoisotopic (exact) mass is 425 g/mol. The Labute approximate surface area is 174 Å². The van der Waals surface area contributed by atoms with Gasteiger partial charge in [0, 0.05) is 47.5 Å². The van der Waals surface area contributed by atoms with E-state index >= 15 is 0 Å². The smallest absolute Gasteiger partial charge is 0.237 e. The van der Waals surface area contributed by atoms with Crippen LogP contribution in [0.15, 0.2) is 36.8 Å². The third-order valence-electron chi connectivity index (χ3n) is 5.68. The second-order valence-corrected chi connectivity index (χ2v) is 9.67. The molecule has 4 aromatic heterocycles. The van der Waals surface area contributed by atoms with E-state index in [1.807, 2.05) is 25.3 Å². The molecule has 1 fully saturated rings. The number of H-pyrrole nitrogens is 1. The molecule has 0 aliphatic carbocycles. The Bertz CT molecular complexity index is 1370. The van der Waals surface area contributed by atoms with Gasteiger partial charge >= 0.3 is 0 Å². The number of nitrogens with zero attached hydrogens (tertiary/aromatic N) is 4. The van der Waals surface area contributed by atoms with Gasteiger partial charge < -0.3 is 14.6 Å². The van der Waals surface area contributed by atoms with E-state index in [1.165, 1.54) is 10.2 Å². The SMILES string of the molecule is Cc1c[nH]c2nccc(-c3cc(N4CCOC[C@H]4C)c4ccn(S(C)(=O)=O)c4n3)c12. The van der Waals surface area contributed by atoms with Crippen molar-refractivity contribution in [2.75, 3.05) is 30.9 Å². The van der Waals surface area contributed by atoms with Crippen molar-refractivity contribution in [3.8, 4) is 11.3 Å². The Balaban J connectivity index is 1.83. The zero-order valence-electron chi connectivity index (χ0n) is 17.1. The fourth-order valence-corrected chi connectivity index (χ4v) is 4.97. The Morgan fingerprint density at radius 2 is 2.13 bits per heavy atom. The molecule has 156 valence electrons. The molecular weight excluding hydrogens is 402 g/mol. The summed E-state index contributed by atoms with van der Waals surface area (Å²) < 4.78 is 31.7. The van der Waals surface area contributed by atoms with Gasteiger partial charge in [-0.05, 0) is 37.6 Å². The highest BCUT2D eigenvalue weighted by Gasteiger charge is 2.25. The maximum atomic E-state index is 12.4. The molecule has 5 heterocycles. The van der Waals surface area contributed by atoms with Crippen molar-refractivity contribution in [2.24, 2.45) is 0 Å². The van der Waals surface area contributed by atoms with E-state index < -0.39 is 10.0 Å². The van der Waals surface area contributed by atoms with E-state index in [0.29, 0.717) is 18.9 Å². The van der Waals surface area contributed by atoms with E-state index in [1.54, 1.807) is 12.4 Å². The maximum absolute atomic E-state index is 12.4. The molecule has 4 aromatic rings. The summed E-state index contributed by atoms with van der Waals surface area (Å²) in [5.41, 5.74) is 4.88. The first-order chi connectivity index (χ1) is 14.3. The van der Waals surface area contributed by atoms with Crippen molar-refractivity contribution in [2.45, 2.75) is 19.9 Å². The molecule has 1 atom stereocenters. The number of hydrogen-bond acceptors (Lipinski definition) is 6. The van der Waals surface area contributed by atoms with Gasteiger partial charge in [0.1, 0.15) is 5.65 Å². The van der Waals surface area contributed by atoms with Crippen LogP contribution in [0.1, 0.15) is 12.5 Å². The van der Waals surface area contributed by atoms with Gasteiger partial charge in [0.05, 0.1) is 30.9 Å². The molecule has 9 heteroatoms. The molecule has 1 aliphatic rings. The van der Waals surface area contributed by atoms with E-state index in [4.69, 9.17) is 9.72 Å². The van der Waals surface area contributed by atoms with Crippen LogP contribution < -0.4 is 4.90 Å². The zero-order valence-corrected chi connectivity index (χ0v) is 17.9. The lowest BCUT2D eigenvalue weighted by Crippen LogP contribution is -2.43. The summed E-state index contributed by atoms with van der Waals surface area (Å²) in [6.07, 6.45) is 6.43. The average Bonchev–Trinajstić information content (AvgIpc) is 3.31. The van der Waals surface area contributed by atoms with Crippen LogP contribution >= 0.6 is 0 Å². The summed E-state index contributed by atoms with van der Waals surface area (Å²) in [6.45, 7) is 6.13. The summed E-state index contributed by atoms with van der Waals surface area (Å²) in [4.78, 5) is 14.7. The lowest BCUT2D eigenvalue weighted by atomic mass is 10.0. The first kappa shape index (κ1) is 19.1. The summed E-state index contributed by atoms with van der Waals surface area (Å²) in [5.74, 6) is 0. The number of morpholine rings is 1. The highest BCUT2D eigenvalue weighted by molar-refractivity contribution is 7.89. The molecule has 0 amide bonds. The van der Waals surface area contributed by atoms with Crippen molar-refractivity contribution in [3.05, 3.63) is 42.4 Å². The molecular formula is C21H23N5O3S. The second kappa shape index (κ2) is 6.82. The molecule has 0 spiro atoms. The van der Waals surface area contributed by atoms with Crippen molar-refractivity contribution < 1.29 is 13.2 Å². The van der Waals surface area contributed by atoms with E-state index in [9.17, 15) is 8.42 Å². The van der Waals surface area contributed by atoms with Gasteiger partial charge in [0.15, 0.2) is 5.65 Å². The number of aromatic nitrogens is 4. The minimum Gasteiger partial charge on any atom is -0.377 e. The lowest BCUT2D eigenvalue weighted by molar-refractivity contribution is 0.0991. The van der Waals surface area contributed by atoms with E-state index in [-0.39, 0.29) is 6.04 Å². The minimum atomic E-state index is -3.49. The lowest BCUT2D eigenvalue weighted by Gasteiger charge is -2.35. The standard InChI is InChI=1S/C21H23N5O3S/c1-13-11-23-20-19(13)15(4-6-22-20)17-10-18(25-8-9-29-12-14(25)2)16-5-7-26(21(16)24-17)30(3,27)28/h4-7,10-11,14H,8-9,12H2,1-3H3,(H,22,23)/t14-/m1/s1. The predicted octanol–water partition coefficient (Wildman–Crippen LogP) is 2.92. The Morgan fingerprint density at radius 3 is 2.90 bits per heavy atom. The highest BCUT2D eigenvalue weighted by Crippen LogP contribution is 2.36. The number of hydrogen-bond donors (Lipinski definition) is 1. The molecule has 0 unspecified atom stereocenters. The number of ether oxygens (including phenoxy) is 1. The molecule has 0 radical (unpaired) electrons. The van der Waals surface area contributed by atoms with Gasteiger partial charge in [0.2, 0.25) is 10.0 Å². The number of nitrogens with one attached hydrogen (secondary N) is 1. The number of pyridine rings is 2. The van der Waals surface area contributed by atoms with Crippen LogP contribution in [0.2, 0.25) is 0 Å². The number of fused-ring (bicyclic) bond motifs is 2. The molecule has 0 aromatic carbocycles. The first-order valence-corrected chi connectivity index (χ1v) is 11.7. The van der Waals surface area contributed by atoms with E-state index in [0.717, 1.165) is 45.5 Å². The van der Waals surface area contributed by atoms with Crippen LogP contribution in [0, 0.1) is 6.92 Å². The molecule has 1 aliphatic heterocycles. The second-order valence-electron chi connectivity index (χ2n) is 7.81. The van der Waals surface area contributed by atoms with Gasteiger partial charge in [-0.3, -0.25) is 0 Å². The van der Waals surface area contributed by atoms with E-state index in [2.05, 4.69) is 27.9 Å². The molecule has 1 N–H and O–H groups in total. The van der Waals surface area contributed by atoms with Crippen LogP contribution in [0.4, 0.5) is 5.69 Å². The van der Waals surface area contributed by atoms with Gasteiger partial charge in [-0.25, -0.2) is 22.4 Å². The summed E-state index contributed by atoms with van der Waals surface area (Å²) in [5, 5.41) is 1.80. The summed E-state index contributed by atoms with van der Waals surface area (Å²) >= 11 is 0. The van der Waals surface area contributed by atoms with Crippen LogP contribution in [-0.2, 0) is 14.8 Å². The number of anilines is 1. The Morgan fingerprint density at radius 1 is 1.30 bits per heavy atom. The Hall–Kier alpha value is -2.91. The van der Waals surface area contributed by atoms with Crippen molar-refractivity contribution >= 4 is 37.8 Å². The van der Waals surface area contributed by atoms with Crippen LogP contribution in [0.25, 0.3) is 33.3 Å². The van der Waals surface area contributed by atoms with Crippen molar-refractivity contribution in [3.63, 3.8) is 0 Å². The predicted molar refractivity (Wildman–Crippen MR) is 117 cm³/mol. The van der Waals surface area contributed by atoms with Crippen molar-refractivity contribution in [1.29, 1.82) is 0 Å². The van der Waals surface area contributed by atoms with Crippen LogP contribution in [0.5, 0.6) is 0 Å². The number of aromatic amines is 1. The van der Waals surface area contributed by atoms with Gasteiger partial charge in [-0.1, -0.05) is 0 Å². The van der Waals surface area contributed by atoms with Gasteiger partial charge in [-0.2, -0.15) is 0 Å². The molecule has 5 rings (SSSR count). The fraction of sp³-hybridized carbons (Fsp3) is 0.333. The normalized spacial score (nSPS) is 17.8. The molecule has 1 saturated heterocycles. The Kier molecular flexibility index (Phi) is 4.33. The largest absolute Gasteiger partial charge is 0.377 e. The number of aryl methyl sites for hydroxylation is 1. The third-order valence-corrected chi connectivity index (χ3v) is 6.69. The third kappa shape index (κ3) is 2.96. The van der Waals surface area contributed by atoms with Crippen molar-refractivity contribution in [1.82, 2.24) is 18.9 Å². The van der Waals surface area contributed by atoms with Crippen LogP contribution in [-0.4, -0.2) is 59.4 Å². The quantitative estimate of drug-likeness (QED) is 0.543. The topological polar surface area (TPSA) is 93.1 Å². The highest BCUT2D eigenvalue weighted by atomic mass is 32.2. The number of rotatable bonds is 3. The zero-order chi connectivity index (χ0) is 21.0. The first-order valence-electron chi connectivity index (χ1n) is 9.84.